The summed E-state index contributed by atoms with van der Waals surface area (Å²) in [6.07, 6.45) is 0. The molecule has 2 aromatic carbocycles. The third kappa shape index (κ3) is 3.65. The van der Waals surface area contributed by atoms with E-state index in [0.29, 0.717) is 0 Å². The molecule has 0 spiro atoms. The van der Waals surface area contributed by atoms with Crippen molar-refractivity contribution in [2.75, 3.05) is 7.05 Å². The first-order valence-electron chi connectivity index (χ1n) is 6.79. The summed E-state index contributed by atoms with van der Waals surface area (Å²) in [5.74, 6) is -5.21. The molecule has 0 aliphatic carbocycles. The highest BCUT2D eigenvalue weighted by Gasteiger charge is 2.24. The number of halogens is 3. The number of phenolic OH excluding ortho intramolecular Hbond substituents is 1. The van der Waals surface area contributed by atoms with E-state index in [2.05, 4.69) is 10.6 Å². The van der Waals surface area contributed by atoms with E-state index in [1.807, 2.05) is 0 Å². The monoisotopic (exact) mass is 338 g/mol. The maximum atomic E-state index is 13.4. The molecule has 126 valence electrons. The van der Waals surface area contributed by atoms with Gasteiger partial charge in [-0.05, 0) is 29.8 Å². The van der Waals surface area contributed by atoms with E-state index < -0.39 is 41.1 Å². The molecule has 0 saturated carbocycles. The largest absolute Gasteiger partial charge is 0.507 e. The zero-order valence-electron chi connectivity index (χ0n) is 12.4. The summed E-state index contributed by atoms with van der Waals surface area (Å²) < 4.78 is 39.4. The summed E-state index contributed by atoms with van der Waals surface area (Å²) in [4.78, 5) is 24.1. The molecule has 24 heavy (non-hydrogen) atoms. The quantitative estimate of drug-likeness (QED) is 0.798. The Bertz CT molecular complexity index is 796. The lowest BCUT2D eigenvalue weighted by atomic mass is 10.0. The fraction of sp³-hybridized carbons (Fsp3) is 0.125. The van der Waals surface area contributed by atoms with Crippen molar-refractivity contribution in [3.8, 4) is 5.75 Å². The summed E-state index contributed by atoms with van der Waals surface area (Å²) >= 11 is 0. The molecule has 2 amide bonds. The van der Waals surface area contributed by atoms with E-state index in [9.17, 15) is 27.9 Å². The molecule has 0 radical (unpaired) electrons. The van der Waals surface area contributed by atoms with Crippen LogP contribution in [0.3, 0.4) is 0 Å². The highest BCUT2D eigenvalue weighted by molar-refractivity contribution is 5.99. The van der Waals surface area contributed by atoms with Crippen LogP contribution in [-0.4, -0.2) is 24.0 Å². The Kier molecular flexibility index (Phi) is 5.08. The van der Waals surface area contributed by atoms with Crippen LogP contribution in [0.4, 0.5) is 13.2 Å². The molecular weight excluding hydrogens is 325 g/mol. The Morgan fingerprint density at radius 2 is 1.75 bits per heavy atom. The second kappa shape index (κ2) is 7.03. The van der Waals surface area contributed by atoms with Gasteiger partial charge in [-0.2, -0.15) is 0 Å². The number of aromatic hydroxyl groups is 1. The Hall–Kier alpha value is -3.03. The standard InChI is InChI=1S/C16H13F3N2O3/c1-20-16(24)14(8-2-5-11(18)12(19)6-8)21-15(23)10-4-3-9(17)7-13(10)22/h2-7,14,22H,1H3,(H,20,24)(H,21,23)/t14-/m1/s1. The number of amides is 2. The summed E-state index contributed by atoms with van der Waals surface area (Å²) in [5, 5.41) is 14.2. The van der Waals surface area contributed by atoms with Gasteiger partial charge >= 0.3 is 0 Å². The number of phenols is 1. The number of hydrogen-bond acceptors (Lipinski definition) is 3. The summed E-state index contributed by atoms with van der Waals surface area (Å²) in [6, 6.07) is 4.14. The van der Waals surface area contributed by atoms with Gasteiger partial charge in [0.15, 0.2) is 11.6 Å². The molecule has 0 aliphatic rings. The summed E-state index contributed by atoms with van der Waals surface area (Å²) in [5.41, 5.74) is -0.268. The van der Waals surface area contributed by atoms with Crippen LogP contribution in [0.5, 0.6) is 5.75 Å². The number of rotatable bonds is 4. The molecule has 3 N–H and O–H groups in total. The van der Waals surface area contributed by atoms with Gasteiger partial charge in [-0.1, -0.05) is 6.07 Å². The van der Waals surface area contributed by atoms with Gasteiger partial charge in [0.1, 0.15) is 17.6 Å². The third-order valence-electron chi connectivity index (χ3n) is 3.27. The Morgan fingerprint density at radius 1 is 1.04 bits per heavy atom. The van der Waals surface area contributed by atoms with E-state index >= 15 is 0 Å². The molecule has 8 heteroatoms. The zero-order valence-corrected chi connectivity index (χ0v) is 12.4. The zero-order chi connectivity index (χ0) is 17.9. The van der Waals surface area contributed by atoms with Crippen LogP contribution in [0.2, 0.25) is 0 Å². The Labute approximate surface area is 135 Å². The normalized spacial score (nSPS) is 11.7. The lowest BCUT2D eigenvalue weighted by Gasteiger charge is -2.18. The minimum absolute atomic E-state index is 0.00296. The summed E-state index contributed by atoms with van der Waals surface area (Å²) in [6.45, 7) is 0. The third-order valence-corrected chi connectivity index (χ3v) is 3.27. The molecule has 0 heterocycles. The number of nitrogens with one attached hydrogen (secondary N) is 2. The topological polar surface area (TPSA) is 78.4 Å². The number of carbonyl (C=O) groups is 2. The van der Waals surface area contributed by atoms with Gasteiger partial charge in [-0.15, -0.1) is 0 Å². The molecule has 0 aromatic heterocycles. The molecular formula is C16H13F3N2O3. The molecule has 5 nitrogen and oxygen atoms in total. The van der Waals surface area contributed by atoms with Crippen molar-refractivity contribution in [2.24, 2.45) is 0 Å². The van der Waals surface area contributed by atoms with Gasteiger partial charge < -0.3 is 15.7 Å². The molecule has 0 aliphatic heterocycles. The van der Waals surface area contributed by atoms with Crippen LogP contribution in [0.1, 0.15) is 22.0 Å². The fourth-order valence-corrected chi connectivity index (χ4v) is 2.04. The smallest absolute Gasteiger partial charge is 0.255 e. The molecule has 0 fully saturated rings. The number of carbonyl (C=O) groups excluding carboxylic acids is 2. The van der Waals surface area contributed by atoms with Crippen molar-refractivity contribution >= 4 is 11.8 Å². The maximum Gasteiger partial charge on any atom is 0.255 e. The van der Waals surface area contributed by atoms with Crippen molar-refractivity contribution in [1.82, 2.24) is 10.6 Å². The van der Waals surface area contributed by atoms with Gasteiger partial charge in [-0.3, -0.25) is 9.59 Å². The first-order chi connectivity index (χ1) is 11.3. The molecule has 2 aromatic rings. The Balaban J connectivity index is 2.33. The maximum absolute atomic E-state index is 13.4. The van der Waals surface area contributed by atoms with Crippen molar-refractivity contribution in [3.63, 3.8) is 0 Å². The summed E-state index contributed by atoms with van der Waals surface area (Å²) in [7, 11) is 1.30. The molecule has 0 unspecified atom stereocenters. The van der Waals surface area contributed by atoms with Crippen molar-refractivity contribution in [3.05, 3.63) is 65.0 Å². The molecule has 0 bridgehead atoms. The molecule has 2 rings (SSSR count). The van der Waals surface area contributed by atoms with Crippen molar-refractivity contribution < 1.29 is 27.9 Å². The lowest BCUT2D eigenvalue weighted by molar-refractivity contribution is -0.122. The fourth-order valence-electron chi connectivity index (χ4n) is 2.04. The molecule has 0 saturated heterocycles. The average Bonchev–Trinajstić information content (AvgIpc) is 2.54. The van der Waals surface area contributed by atoms with Gasteiger partial charge in [0.2, 0.25) is 5.91 Å². The first-order valence-corrected chi connectivity index (χ1v) is 6.79. The highest BCUT2D eigenvalue weighted by atomic mass is 19.2. The van der Waals surface area contributed by atoms with Gasteiger partial charge in [-0.25, -0.2) is 13.2 Å². The van der Waals surface area contributed by atoms with Gasteiger partial charge in [0.05, 0.1) is 5.56 Å². The number of likely N-dealkylation sites (N-methyl/N-ethyl adjacent to an activating group) is 1. The van der Waals surface area contributed by atoms with Crippen LogP contribution < -0.4 is 10.6 Å². The lowest BCUT2D eigenvalue weighted by Crippen LogP contribution is -2.39. The van der Waals surface area contributed by atoms with Crippen LogP contribution in [0.25, 0.3) is 0 Å². The Morgan fingerprint density at radius 3 is 2.33 bits per heavy atom. The van der Waals surface area contributed by atoms with E-state index in [-0.39, 0.29) is 11.1 Å². The SMILES string of the molecule is CNC(=O)[C@H](NC(=O)c1ccc(F)cc1O)c1ccc(F)c(F)c1. The van der Waals surface area contributed by atoms with Gasteiger partial charge in [0.25, 0.3) is 5.91 Å². The van der Waals surface area contributed by atoms with Crippen LogP contribution in [-0.2, 0) is 4.79 Å². The van der Waals surface area contributed by atoms with Gasteiger partial charge in [0, 0.05) is 13.1 Å². The first kappa shape index (κ1) is 17.3. The van der Waals surface area contributed by atoms with E-state index in [1.54, 1.807) is 0 Å². The van der Waals surface area contributed by atoms with E-state index in [1.165, 1.54) is 7.05 Å². The highest BCUT2D eigenvalue weighted by Crippen LogP contribution is 2.21. The van der Waals surface area contributed by atoms with Crippen LogP contribution in [0.15, 0.2) is 36.4 Å². The second-order valence-electron chi connectivity index (χ2n) is 4.86. The minimum Gasteiger partial charge on any atom is -0.507 e. The number of hydrogen-bond donors (Lipinski definition) is 3. The van der Waals surface area contributed by atoms with Crippen molar-refractivity contribution in [1.29, 1.82) is 0 Å². The minimum atomic E-state index is -1.33. The van der Waals surface area contributed by atoms with E-state index in [4.69, 9.17) is 0 Å². The van der Waals surface area contributed by atoms with Crippen molar-refractivity contribution in [2.45, 2.75) is 6.04 Å². The van der Waals surface area contributed by atoms with E-state index in [0.717, 1.165) is 36.4 Å². The molecule has 1 atom stereocenters. The predicted molar refractivity (Wildman–Crippen MR) is 78.7 cm³/mol. The number of benzene rings is 2. The predicted octanol–water partition coefficient (Wildman–Crippen LogP) is 2.03. The second-order valence-corrected chi connectivity index (χ2v) is 4.86. The van der Waals surface area contributed by atoms with Crippen LogP contribution >= 0.6 is 0 Å². The van der Waals surface area contributed by atoms with Crippen LogP contribution in [0, 0.1) is 17.5 Å². The average molecular weight is 338 g/mol.